The minimum absolute atomic E-state index is 0.221. The lowest BCUT2D eigenvalue weighted by atomic mass is 10.2. The monoisotopic (exact) mass is 276 g/mol. The number of pyridine rings is 1. The molecule has 0 aliphatic carbocycles. The van der Waals surface area contributed by atoms with E-state index in [1.807, 2.05) is 0 Å². The number of hydrogen-bond donors (Lipinski definition) is 2. The van der Waals surface area contributed by atoms with Crippen molar-refractivity contribution in [2.24, 2.45) is 7.05 Å². The van der Waals surface area contributed by atoms with E-state index in [0.29, 0.717) is 5.69 Å². The first-order valence-corrected chi connectivity index (χ1v) is 5.68. The first-order chi connectivity index (χ1) is 9.45. The van der Waals surface area contributed by atoms with Gasteiger partial charge in [0.25, 0.3) is 11.5 Å². The third-order valence-corrected chi connectivity index (χ3v) is 2.55. The highest BCUT2D eigenvalue weighted by molar-refractivity contribution is 6.04. The van der Waals surface area contributed by atoms with Crippen LogP contribution in [0.4, 0.5) is 5.69 Å². The maximum absolute atomic E-state index is 11.9. The Morgan fingerprint density at radius 3 is 2.85 bits per heavy atom. The highest BCUT2D eigenvalue weighted by Gasteiger charge is 2.09. The van der Waals surface area contributed by atoms with Gasteiger partial charge >= 0.3 is 5.97 Å². The van der Waals surface area contributed by atoms with E-state index in [0.717, 1.165) is 0 Å². The Morgan fingerprint density at radius 1 is 1.45 bits per heavy atom. The summed E-state index contributed by atoms with van der Waals surface area (Å²) in [6, 6.07) is 2.73. The van der Waals surface area contributed by atoms with Crippen molar-refractivity contribution >= 4 is 17.6 Å². The predicted octanol–water partition coefficient (Wildman–Crippen LogP) is -0.0813. The average molecular weight is 276 g/mol. The number of aromatic nitrogens is 3. The third-order valence-electron chi connectivity index (χ3n) is 2.55. The van der Waals surface area contributed by atoms with Crippen LogP contribution >= 0.6 is 0 Å². The Hall–Kier alpha value is -2.90. The number of aliphatic carboxylic acids is 1. The number of carbonyl (C=O) groups excluding carboxylic acids is 1. The molecule has 2 N–H and O–H groups in total. The normalized spacial score (nSPS) is 10.2. The number of anilines is 1. The van der Waals surface area contributed by atoms with Gasteiger partial charge in [0.15, 0.2) is 0 Å². The van der Waals surface area contributed by atoms with Gasteiger partial charge in [0.05, 0.1) is 11.9 Å². The Bertz CT molecular complexity index is 716. The number of nitrogens with zero attached hydrogens (tertiary/aromatic N) is 3. The third kappa shape index (κ3) is 3.10. The van der Waals surface area contributed by atoms with Crippen LogP contribution in [0, 0.1) is 0 Å². The molecule has 0 fully saturated rings. The molecule has 2 heterocycles. The van der Waals surface area contributed by atoms with Gasteiger partial charge in [0.2, 0.25) is 0 Å². The lowest BCUT2D eigenvalue weighted by molar-refractivity contribution is -0.137. The lowest BCUT2D eigenvalue weighted by Crippen LogP contribution is -2.19. The number of carboxylic acid groups (broad SMARTS) is 1. The smallest absolute Gasteiger partial charge is 0.325 e. The number of carbonyl (C=O) groups is 2. The van der Waals surface area contributed by atoms with Crippen molar-refractivity contribution in [3.63, 3.8) is 0 Å². The molecule has 0 radical (unpaired) electrons. The highest BCUT2D eigenvalue weighted by Crippen LogP contribution is 2.07. The van der Waals surface area contributed by atoms with Crippen LogP contribution in [0.1, 0.15) is 10.4 Å². The summed E-state index contributed by atoms with van der Waals surface area (Å²) in [5.74, 6) is -1.49. The van der Waals surface area contributed by atoms with Crippen LogP contribution in [0.15, 0.2) is 35.5 Å². The Labute approximate surface area is 113 Å². The molecule has 0 bridgehead atoms. The standard InChI is InChI=1S/C12H12N4O4/c1-15-3-2-8(4-10(15)17)12(20)14-9-5-13-16(6-9)7-11(18)19/h2-6H,7H2,1H3,(H,14,20)(H,18,19). The van der Waals surface area contributed by atoms with Crippen LogP contribution in [0.3, 0.4) is 0 Å². The molecule has 2 aromatic rings. The zero-order chi connectivity index (χ0) is 14.7. The fraction of sp³-hybridized carbons (Fsp3) is 0.167. The molecule has 0 saturated heterocycles. The molecule has 8 nitrogen and oxygen atoms in total. The Morgan fingerprint density at radius 2 is 2.20 bits per heavy atom. The molecule has 0 aliphatic rings. The van der Waals surface area contributed by atoms with Crippen molar-refractivity contribution in [1.29, 1.82) is 0 Å². The minimum Gasteiger partial charge on any atom is -0.480 e. The van der Waals surface area contributed by atoms with Crippen LogP contribution in [-0.4, -0.2) is 31.3 Å². The average Bonchev–Trinajstić information content (AvgIpc) is 2.79. The Balaban J connectivity index is 2.11. The predicted molar refractivity (Wildman–Crippen MR) is 69.5 cm³/mol. The van der Waals surface area contributed by atoms with Crippen molar-refractivity contribution in [2.45, 2.75) is 6.54 Å². The highest BCUT2D eigenvalue weighted by atomic mass is 16.4. The summed E-state index contributed by atoms with van der Waals surface area (Å²) in [5.41, 5.74) is 0.287. The maximum Gasteiger partial charge on any atom is 0.325 e. The first kappa shape index (κ1) is 13.5. The summed E-state index contributed by atoms with van der Waals surface area (Å²) >= 11 is 0. The van der Waals surface area contributed by atoms with Crippen LogP contribution in [-0.2, 0) is 18.4 Å². The number of amides is 1. The van der Waals surface area contributed by atoms with Gasteiger partial charge in [0, 0.05) is 31.1 Å². The summed E-state index contributed by atoms with van der Waals surface area (Å²) < 4.78 is 2.53. The summed E-state index contributed by atoms with van der Waals surface area (Å²) in [6.07, 6.45) is 4.22. The van der Waals surface area contributed by atoms with Gasteiger partial charge in [-0.2, -0.15) is 5.10 Å². The van der Waals surface area contributed by atoms with E-state index >= 15 is 0 Å². The molecule has 0 aliphatic heterocycles. The fourth-order valence-electron chi connectivity index (χ4n) is 1.55. The molecule has 2 rings (SSSR count). The molecule has 0 aromatic carbocycles. The van der Waals surface area contributed by atoms with E-state index < -0.39 is 11.9 Å². The van der Waals surface area contributed by atoms with Crippen LogP contribution in [0.25, 0.3) is 0 Å². The molecule has 104 valence electrons. The van der Waals surface area contributed by atoms with Crippen molar-refractivity contribution in [1.82, 2.24) is 14.3 Å². The maximum atomic E-state index is 11.9. The van der Waals surface area contributed by atoms with Gasteiger partial charge in [-0.1, -0.05) is 0 Å². The minimum atomic E-state index is -1.03. The van der Waals surface area contributed by atoms with Crippen molar-refractivity contribution in [3.8, 4) is 0 Å². The quantitative estimate of drug-likeness (QED) is 0.812. The summed E-state index contributed by atoms with van der Waals surface area (Å²) in [5, 5.41) is 14.9. The van der Waals surface area contributed by atoms with Crippen LogP contribution in [0.2, 0.25) is 0 Å². The van der Waals surface area contributed by atoms with E-state index in [-0.39, 0.29) is 17.7 Å². The zero-order valence-corrected chi connectivity index (χ0v) is 10.6. The molecule has 20 heavy (non-hydrogen) atoms. The van der Waals surface area contributed by atoms with E-state index in [2.05, 4.69) is 10.4 Å². The second kappa shape index (κ2) is 5.39. The second-order valence-corrected chi connectivity index (χ2v) is 4.14. The Kier molecular flexibility index (Phi) is 3.65. The number of carboxylic acids is 1. The molecule has 8 heteroatoms. The van der Waals surface area contributed by atoms with Gasteiger partial charge in [-0.3, -0.25) is 19.1 Å². The van der Waals surface area contributed by atoms with E-state index in [1.165, 1.54) is 40.0 Å². The molecule has 0 spiro atoms. The van der Waals surface area contributed by atoms with Crippen LogP contribution in [0.5, 0.6) is 0 Å². The molecule has 0 atom stereocenters. The SMILES string of the molecule is Cn1ccc(C(=O)Nc2cnn(CC(=O)O)c2)cc1=O. The largest absolute Gasteiger partial charge is 0.480 e. The molecule has 0 saturated carbocycles. The van der Waals surface area contributed by atoms with E-state index in [4.69, 9.17) is 5.11 Å². The second-order valence-electron chi connectivity index (χ2n) is 4.14. The number of nitrogens with one attached hydrogen (secondary N) is 1. The van der Waals surface area contributed by atoms with Gasteiger partial charge in [-0.15, -0.1) is 0 Å². The zero-order valence-electron chi connectivity index (χ0n) is 10.6. The van der Waals surface area contributed by atoms with E-state index in [1.54, 1.807) is 7.05 Å². The number of aryl methyl sites for hydroxylation is 1. The molecular weight excluding hydrogens is 264 g/mol. The van der Waals surface area contributed by atoms with Crippen molar-refractivity contribution in [2.75, 3.05) is 5.32 Å². The fourth-order valence-corrected chi connectivity index (χ4v) is 1.55. The molecule has 0 unspecified atom stereocenters. The van der Waals surface area contributed by atoms with Gasteiger partial charge in [-0.05, 0) is 6.07 Å². The molecule has 2 aromatic heterocycles. The summed E-state index contributed by atoms with van der Waals surface area (Å²) in [7, 11) is 1.58. The van der Waals surface area contributed by atoms with Crippen molar-refractivity contribution in [3.05, 3.63) is 46.6 Å². The van der Waals surface area contributed by atoms with Crippen LogP contribution < -0.4 is 10.9 Å². The first-order valence-electron chi connectivity index (χ1n) is 5.68. The number of rotatable bonds is 4. The topological polar surface area (TPSA) is 106 Å². The summed E-state index contributed by atoms with van der Waals surface area (Å²) in [4.78, 5) is 33.8. The van der Waals surface area contributed by atoms with Gasteiger partial charge in [0.1, 0.15) is 6.54 Å². The van der Waals surface area contributed by atoms with Gasteiger partial charge < -0.3 is 15.0 Å². The van der Waals surface area contributed by atoms with Crippen molar-refractivity contribution < 1.29 is 14.7 Å². The lowest BCUT2D eigenvalue weighted by Gasteiger charge is -2.03. The molecule has 1 amide bonds. The van der Waals surface area contributed by atoms with E-state index in [9.17, 15) is 14.4 Å². The molecular formula is C12H12N4O4. The van der Waals surface area contributed by atoms with Gasteiger partial charge in [-0.25, -0.2) is 0 Å². The number of hydrogen-bond acceptors (Lipinski definition) is 4. The summed E-state index contributed by atoms with van der Waals surface area (Å²) in [6.45, 7) is -0.290.